The maximum atomic E-state index is 12.1. The van der Waals surface area contributed by atoms with E-state index in [2.05, 4.69) is 0 Å². The maximum Gasteiger partial charge on any atom is 0.251 e. The molecule has 5 nitrogen and oxygen atoms in total. The zero-order valence-electron chi connectivity index (χ0n) is 11.7. The molecule has 2 rings (SSSR count). The highest BCUT2D eigenvalue weighted by molar-refractivity contribution is 5.80. The number of hydrogen-bond acceptors (Lipinski definition) is 4. The van der Waals surface area contributed by atoms with E-state index in [1.165, 1.54) is 0 Å². The van der Waals surface area contributed by atoms with Crippen molar-refractivity contribution in [1.82, 2.24) is 4.90 Å². The molecule has 0 bridgehead atoms. The standard InChI is InChI=1S/C15H21NO4/c1-12(15(18)16-5-7-19-8-6-16)20-11-14-4-2-3-13(9-14)10-17/h2-4,9,12,17H,5-8,10-11H2,1H3/t12-/m1/s1. The average Bonchev–Trinajstić information content (AvgIpc) is 2.53. The van der Waals surface area contributed by atoms with Gasteiger partial charge in [-0.05, 0) is 18.1 Å². The lowest BCUT2D eigenvalue weighted by molar-refractivity contribution is -0.147. The van der Waals surface area contributed by atoms with Crippen molar-refractivity contribution in [3.05, 3.63) is 35.4 Å². The van der Waals surface area contributed by atoms with Gasteiger partial charge in [0.1, 0.15) is 6.10 Å². The molecule has 0 aromatic heterocycles. The largest absolute Gasteiger partial charge is 0.392 e. The van der Waals surface area contributed by atoms with E-state index in [4.69, 9.17) is 14.6 Å². The number of benzene rings is 1. The van der Waals surface area contributed by atoms with Crippen LogP contribution in [-0.4, -0.2) is 48.3 Å². The van der Waals surface area contributed by atoms with Gasteiger partial charge in [-0.1, -0.05) is 24.3 Å². The molecular formula is C15H21NO4. The Hall–Kier alpha value is -1.43. The first kappa shape index (κ1) is 15.0. The number of hydrogen-bond donors (Lipinski definition) is 1. The highest BCUT2D eigenvalue weighted by atomic mass is 16.5. The summed E-state index contributed by atoms with van der Waals surface area (Å²) in [5.41, 5.74) is 1.80. The van der Waals surface area contributed by atoms with Crippen molar-refractivity contribution < 1.29 is 19.4 Å². The number of ether oxygens (including phenoxy) is 2. The van der Waals surface area contributed by atoms with Crippen molar-refractivity contribution in [1.29, 1.82) is 0 Å². The lowest BCUT2D eigenvalue weighted by atomic mass is 10.1. The zero-order valence-corrected chi connectivity index (χ0v) is 11.7. The van der Waals surface area contributed by atoms with Gasteiger partial charge in [-0.2, -0.15) is 0 Å². The first-order valence-electron chi connectivity index (χ1n) is 6.87. The molecule has 110 valence electrons. The Kier molecular flexibility index (Phi) is 5.52. The van der Waals surface area contributed by atoms with Gasteiger partial charge in [0.25, 0.3) is 5.91 Å². The minimum atomic E-state index is -0.467. The van der Waals surface area contributed by atoms with Gasteiger partial charge in [0.15, 0.2) is 0 Å². The van der Waals surface area contributed by atoms with Crippen LogP contribution in [0.4, 0.5) is 0 Å². The van der Waals surface area contributed by atoms with Crippen LogP contribution >= 0.6 is 0 Å². The van der Waals surface area contributed by atoms with Gasteiger partial charge in [0.2, 0.25) is 0 Å². The number of morpholine rings is 1. The Morgan fingerprint density at radius 1 is 1.40 bits per heavy atom. The summed E-state index contributed by atoms with van der Waals surface area (Å²) in [5, 5.41) is 9.08. The van der Waals surface area contributed by atoms with Crippen LogP contribution in [-0.2, 0) is 27.5 Å². The van der Waals surface area contributed by atoms with E-state index in [9.17, 15) is 4.79 Å². The molecule has 0 spiro atoms. The van der Waals surface area contributed by atoms with E-state index in [1.54, 1.807) is 11.8 Å². The lowest BCUT2D eigenvalue weighted by Crippen LogP contribution is -2.45. The normalized spacial score (nSPS) is 17.0. The molecule has 1 fully saturated rings. The molecule has 1 aliphatic heterocycles. The van der Waals surface area contributed by atoms with Gasteiger partial charge >= 0.3 is 0 Å². The molecule has 1 N–H and O–H groups in total. The van der Waals surface area contributed by atoms with Crippen LogP contribution < -0.4 is 0 Å². The molecule has 0 saturated carbocycles. The highest BCUT2D eigenvalue weighted by Gasteiger charge is 2.22. The summed E-state index contributed by atoms with van der Waals surface area (Å²) >= 11 is 0. The van der Waals surface area contributed by atoms with E-state index in [1.807, 2.05) is 24.3 Å². The first-order valence-corrected chi connectivity index (χ1v) is 6.87. The molecule has 0 radical (unpaired) electrons. The van der Waals surface area contributed by atoms with Crippen LogP contribution in [0.5, 0.6) is 0 Å². The van der Waals surface area contributed by atoms with Gasteiger partial charge in [-0.25, -0.2) is 0 Å². The van der Waals surface area contributed by atoms with Crippen molar-refractivity contribution in [3.8, 4) is 0 Å². The molecular weight excluding hydrogens is 258 g/mol. The summed E-state index contributed by atoms with van der Waals surface area (Å²) in [4.78, 5) is 13.9. The number of nitrogens with zero attached hydrogens (tertiary/aromatic N) is 1. The van der Waals surface area contributed by atoms with Crippen LogP contribution in [0.15, 0.2) is 24.3 Å². The van der Waals surface area contributed by atoms with Crippen molar-refractivity contribution in [2.75, 3.05) is 26.3 Å². The fourth-order valence-electron chi connectivity index (χ4n) is 2.15. The third-order valence-corrected chi connectivity index (χ3v) is 3.34. The lowest BCUT2D eigenvalue weighted by Gasteiger charge is -2.29. The van der Waals surface area contributed by atoms with Crippen LogP contribution in [0.25, 0.3) is 0 Å². The molecule has 20 heavy (non-hydrogen) atoms. The topological polar surface area (TPSA) is 59.0 Å². The SMILES string of the molecule is C[C@@H](OCc1cccc(CO)c1)C(=O)N1CCOCC1. The average molecular weight is 279 g/mol. The number of amides is 1. The molecule has 0 aliphatic carbocycles. The Bertz CT molecular complexity index is 443. The van der Waals surface area contributed by atoms with Crippen LogP contribution in [0.3, 0.4) is 0 Å². The van der Waals surface area contributed by atoms with E-state index < -0.39 is 6.10 Å². The summed E-state index contributed by atoms with van der Waals surface area (Å²) in [5.74, 6) is 0.00612. The Labute approximate surface area is 119 Å². The maximum absolute atomic E-state index is 12.1. The van der Waals surface area contributed by atoms with Crippen molar-refractivity contribution in [2.24, 2.45) is 0 Å². The number of carbonyl (C=O) groups is 1. The number of rotatable bonds is 5. The van der Waals surface area contributed by atoms with Gasteiger partial charge in [-0.3, -0.25) is 4.79 Å². The third kappa shape index (κ3) is 4.03. The molecule has 1 atom stereocenters. The smallest absolute Gasteiger partial charge is 0.251 e. The Morgan fingerprint density at radius 3 is 2.80 bits per heavy atom. The molecule has 5 heteroatoms. The van der Waals surface area contributed by atoms with Gasteiger partial charge in [-0.15, -0.1) is 0 Å². The molecule has 1 aromatic rings. The van der Waals surface area contributed by atoms with Crippen LogP contribution in [0, 0.1) is 0 Å². The Morgan fingerprint density at radius 2 is 2.10 bits per heavy atom. The second-order valence-electron chi connectivity index (χ2n) is 4.87. The van der Waals surface area contributed by atoms with Crippen molar-refractivity contribution in [2.45, 2.75) is 26.2 Å². The number of aliphatic hydroxyl groups is 1. The monoisotopic (exact) mass is 279 g/mol. The fourth-order valence-corrected chi connectivity index (χ4v) is 2.15. The van der Waals surface area contributed by atoms with Gasteiger partial charge < -0.3 is 19.5 Å². The van der Waals surface area contributed by atoms with E-state index in [-0.39, 0.29) is 12.5 Å². The van der Waals surface area contributed by atoms with E-state index in [0.717, 1.165) is 11.1 Å². The predicted molar refractivity (Wildman–Crippen MR) is 74.0 cm³/mol. The van der Waals surface area contributed by atoms with E-state index in [0.29, 0.717) is 32.9 Å². The third-order valence-electron chi connectivity index (χ3n) is 3.34. The summed E-state index contributed by atoms with van der Waals surface area (Å²) in [7, 11) is 0. The molecule has 0 unspecified atom stereocenters. The molecule has 1 saturated heterocycles. The minimum absolute atomic E-state index is 0.00612. The summed E-state index contributed by atoms with van der Waals surface area (Å²) < 4.78 is 10.9. The van der Waals surface area contributed by atoms with Crippen molar-refractivity contribution in [3.63, 3.8) is 0 Å². The quantitative estimate of drug-likeness (QED) is 0.871. The fraction of sp³-hybridized carbons (Fsp3) is 0.533. The van der Waals surface area contributed by atoms with Gasteiger partial charge in [0.05, 0.1) is 26.4 Å². The Balaban J connectivity index is 1.84. The number of aliphatic hydroxyl groups excluding tert-OH is 1. The number of carbonyl (C=O) groups excluding carboxylic acids is 1. The summed E-state index contributed by atoms with van der Waals surface area (Å²) in [6.45, 7) is 4.60. The molecule has 1 aromatic carbocycles. The minimum Gasteiger partial charge on any atom is -0.392 e. The van der Waals surface area contributed by atoms with E-state index >= 15 is 0 Å². The van der Waals surface area contributed by atoms with Gasteiger partial charge in [0, 0.05) is 13.1 Å². The van der Waals surface area contributed by atoms with Crippen molar-refractivity contribution >= 4 is 5.91 Å². The zero-order chi connectivity index (χ0) is 14.4. The summed E-state index contributed by atoms with van der Waals surface area (Å²) in [6, 6.07) is 7.53. The highest BCUT2D eigenvalue weighted by Crippen LogP contribution is 2.10. The van der Waals surface area contributed by atoms with Crippen LogP contribution in [0.2, 0.25) is 0 Å². The molecule has 1 heterocycles. The second kappa shape index (κ2) is 7.38. The molecule has 1 aliphatic rings. The second-order valence-corrected chi connectivity index (χ2v) is 4.87. The van der Waals surface area contributed by atoms with Crippen LogP contribution in [0.1, 0.15) is 18.1 Å². The first-order chi connectivity index (χ1) is 9.70. The molecule has 1 amide bonds. The predicted octanol–water partition coefficient (Wildman–Crippen LogP) is 0.943. The summed E-state index contributed by atoms with van der Waals surface area (Å²) in [6.07, 6.45) is -0.467.